The molecule has 1 aromatic heterocycles. The summed E-state index contributed by atoms with van der Waals surface area (Å²) in [7, 11) is 0. The Bertz CT molecular complexity index is 803. The van der Waals surface area contributed by atoms with E-state index in [9.17, 15) is 9.50 Å². The zero-order chi connectivity index (χ0) is 17.6. The van der Waals surface area contributed by atoms with E-state index in [1.807, 2.05) is 0 Å². The van der Waals surface area contributed by atoms with E-state index < -0.39 is 6.10 Å². The molecule has 2 aromatic carbocycles. The van der Waals surface area contributed by atoms with Gasteiger partial charge in [-0.1, -0.05) is 17.3 Å². The van der Waals surface area contributed by atoms with Crippen molar-refractivity contribution in [3.05, 3.63) is 71.6 Å². The Morgan fingerprint density at radius 3 is 2.28 bits per heavy atom. The molecule has 1 atom stereocenters. The van der Waals surface area contributed by atoms with Gasteiger partial charge in [0.25, 0.3) is 5.89 Å². The number of ether oxygens (including phenoxy) is 2. The average molecular weight is 344 g/mol. The minimum atomic E-state index is -0.836. The van der Waals surface area contributed by atoms with E-state index in [2.05, 4.69) is 10.1 Å². The predicted molar refractivity (Wildman–Crippen MR) is 86.7 cm³/mol. The van der Waals surface area contributed by atoms with Crippen LogP contribution in [0.2, 0.25) is 0 Å². The molecule has 0 aliphatic heterocycles. The van der Waals surface area contributed by atoms with Gasteiger partial charge < -0.3 is 19.1 Å². The third-order valence-electron chi connectivity index (χ3n) is 3.42. The molecular formula is C18H17FN2O4. The van der Waals surface area contributed by atoms with E-state index in [1.54, 1.807) is 31.2 Å². The molecule has 3 aromatic rings. The van der Waals surface area contributed by atoms with Crippen molar-refractivity contribution in [3.63, 3.8) is 0 Å². The van der Waals surface area contributed by atoms with Crippen LogP contribution in [0.25, 0.3) is 0 Å². The molecule has 0 amide bonds. The van der Waals surface area contributed by atoms with Crippen LogP contribution in [0.5, 0.6) is 11.5 Å². The van der Waals surface area contributed by atoms with E-state index in [0.29, 0.717) is 28.8 Å². The Morgan fingerprint density at radius 2 is 1.68 bits per heavy atom. The van der Waals surface area contributed by atoms with Crippen molar-refractivity contribution in [1.29, 1.82) is 0 Å². The highest BCUT2D eigenvalue weighted by molar-refractivity contribution is 5.31. The molecule has 1 N–H and O–H groups in total. The number of benzene rings is 2. The fraction of sp³-hybridized carbons (Fsp3) is 0.222. The van der Waals surface area contributed by atoms with Crippen molar-refractivity contribution >= 4 is 0 Å². The number of nitrogens with zero attached hydrogens (tertiary/aromatic N) is 2. The molecule has 0 fully saturated rings. The van der Waals surface area contributed by atoms with Crippen molar-refractivity contribution in [2.45, 2.75) is 19.6 Å². The van der Waals surface area contributed by atoms with Gasteiger partial charge in [0.15, 0.2) is 12.4 Å². The molecule has 0 aliphatic carbocycles. The smallest absolute Gasteiger partial charge is 0.264 e. The van der Waals surface area contributed by atoms with Gasteiger partial charge in [-0.3, -0.25) is 0 Å². The molecule has 0 saturated heterocycles. The van der Waals surface area contributed by atoms with E-state index in [-0.39, 0.29) is 19.0 Å². The van der Waals surface area contributed by atoms with Crippen molar-refractivity contribution in [1.82, 2.24) is 10.1 Å². The summed E-state index contributed by atoms with van der Waals surface area (Å²) in [5, 5.41) is 13.7. The zero-order valence-corrected chi connectivity index (χ0v) is 13.6. The lowest BCUT2D eigenvalue weighted by Crippen LogP contribution is -2.09. The second-order valence-electron chi connectivity index (χ2n) is 5.37. The van der Waals surface area contributed by atoms with Crippen molar-refractivity contribution < 1.29 is 23.5 Å². The van der Waals surface area contributed by atoms with E-state index in [0.717, 1.165) is 0 Å². The number of aryl methyl sites for hydroxylation is 1. The number of rotatable bonds is 7. The molecule has 1 heterocycles. The van der Waals surface area contributed by atoms with Gasteiger partial charge in [-0.2, -0.15) is 4.98 Å². The Balaban J connectivity index is 1.49. The summed E-state index contributed by atoms with van der Waals surface area (Å²) < 4.78 is 28.9. The summed E-state index contributed by atoms with van der Waals surface area (Å²) in [5.74, 6) is 1.83. The second-order valence-corrected chi connectivity index (χ2v) is 5.37. The van der Waals surface area contributed by atoms with Crippen LogP contribution >= 0.6 is 0 Å². The maximum Gasteiger partial charge on any atom is 0.264 e. The minimum absolute atomic E-state index is 0.0626. The number of aliphatic hydroxyl groups excluding tert-OH is 1. The number of hydrogen-bond donors (Lipinski definition) is 1. The van der Waals surface area contributed by atoms with Crippen LogP contribution in [0.1, 0.15) is 23.4 Å². The standard InChI is InChI=1S/C18H17FN2O4/c1-12-20-18(25-21-12)11-24-16-8-6-15(7-9-16)23-10-17(22)13-2-4-14(19)5-3-13/h2-9,17,22H,10-11H2,1H3. The quantitative estimate of drug-likeness (QED) is 0.709. The number of aliphatic hydroxyl groups is 1. The van der Waals surface area contributed by atoms with E-state index in [4.69, 9.17) is 14.0 Å². The first kappa shape index (κ1) is 16.9. The molecule has 6 nitrogen and oxygen atoms in total. The van der Waals surface area contributed by atoms with Crippen LogP contribution in [0, 0.1) is 12.7 Å². The first-order valence-corrected chi connectivity index (χ1v) is 7.68. The maximum atomic E-state index is 12.9. The Labute approximate surface area is 143 Å². The predicted octanol–water partition coefficient (Wildman–Crippen LogP) is 3.21. The molecule has 1 unspecified atom stereocenters. The molecular weight excluding hydrogens is 327 g/mol. The molecule has 3 rings (SSSR count). The van der Waals surface area contributed by atoms with Crippen molar-refractivity contribution in [2.24, 2.45) is 0 Å². The van der Waals surface area contributed by atoms with Gasteiger partial charge in [-0.15, -0.1) is 0 Å². The Kier molecular flexibility index (Phi) is 5.25. The van der Waals surface area contributed by atoms with Crippen LogP contribution in [0.4, 0.5) is 4.39 Å². The van der Waals surface area contributed by atoms with Gasteiger partial charge >= 0.3 is 0 Å². The molecule has 0 aliphatic rings. The summed E-state index contributed by atoms with van der Waals surface area (Å²) in [4.78, 5) is 4.05. The van der Waals surface area contributed by atoms with E-state index in [1.165, 1.54) is 24.3 Å². The van der Waals surface area contributed by atoms with Crippen LogP contribution in [0.3, 0.4) is 0 Å². The third-order valence-corrected chi connectivity index (χ3v) is 3.42. The SMILES string of the molecule is Cc1noc(COc2ccc(OCC(O)c3ccc(F)cc3)cc2)n1. The summed E-state index contributed by atoms with van der Waals surface area (Å²) in [6, 6.07) is 12.6. The zero-order valence-electron chi connectivity index (χ0n) is 13.6. The summed E-state index contributed by atoms with van der Waals surface area (Å²) in [5.41, 5.74) is 0.594. The molecule has 0 saturated carbocycles. The highest BCUT2D eigenvalue weighted by atomic mass is 19.1. The summed E-state index contributed by atoms with van der Waals surface area (Å²) >= 11 is 0. The monoisotopic (exact) mass is 344 g/mol. The van der Waals surface area contributed by atoms with Crippen LogP contribution < -0.4 is 9.47 Å². The molecule has 0 spiro atoms. The summed E-state index contributed by atoms with van der Waals surface area (Å²) in [6.45, 7) is 1.98. The topological polar surface area (TPSA) is 77.6 Å². The number of hydrogen-bond acceptors (Lipinski definition) is 6. The molecule has 7 heteroatoms. The Hall–Kier alpha value is -2.93. The van der Waals surface area contributed by atoms with Crippen molar-refractivity contribution in [3.8, 4) is 11.5 Å². The van der Waals surface area contributed by atoms with Crippen LogP contribution in [-0.4, -0.2) is 21.9 Å². The van der Waals surface area contributed by atoms with Gasteiger partial charge in [-0.05, 0) is 48.9 Å². The maximum absolute atomic E-state index is 12.9. The largest absolute Gasteiger partial charge is 0.491 e. The first-order chi connectivity index (χ1) is 12.1. The average Bonchev–Trinajstić information content (AvgIpc) is 3.05. The lowest BCUT2D eigenvalue weighted by atomic mass is 10.1. The Morgan fingerprint density at radius 1 is 1.04 bits per heavy atom. The van der Waals surface area contributed by atoms with E-state index >= 15 is 0 Å². The van der Waals surface area contributed by atoms with Crippen molar-refractivity contribution in [2.75, 3.05) is 6.61 Å². The van der Waals surface area contributed by atoms with Gasteiger partial charge in [-0.25, -0.2) is 4.39 Å². The normalized spacial score (nSPS) is 12.0. The highest BCUT2D eigenvalue weighted by Gasteiger charge is 2.09. The van der Waals surface area contributed by atoms with Gasteiger partial charge in [0.1, 0.15) is 30.0 Å². The van der Waals surface area contributed by atoms with Crippen LogP contribution in [0.15, 0.2) is 53.1 Å². The fourth-order valence-corrected chi connectivity index (χ4v) is 2.13. The lowest BCUT2D eigenvalue weighted by molar-refractivity contribution is 0.108. The number of aromatic nitrogens is 2. The molecule has 25 heavy (non-hydrogen) atoms. The fourth-order valence-electron chi connectivity index (χ4n) is 2.13. The third kappa shape index (κ3) is 4.77. The molecule has 0 bridgehead atoms. The highest BCUT2D eigenvalue weighted by Crippen LogP contribution is 2.20. The summed E-state index contributed by atoms with van der Waals surface area (Å²) in [6.07, 6.45) is -0.836. The van der Waals surface area contributed by atoms with Crippen LogP contribution in [-0.2, 0) is 6.61 Å². The number of halogens is 1. The second kappa shape index (κ2) is 7.76. The van der Waals surface area contributed by atoms with Gasteiger partial charge in [0, 0.05) is 0 Å². The van der Waals surface area contributed by atoms with Gasteiger partial charge in [0.2, 0.25) is 0 Å². The van der Waals surface area contributed by atoms with Gasteiger partial charge in [0.05, 0.1) is 0 Å². The first-order valence-electron chi connectivity index (χ1n) is 7.68. The molecule has 0 radical (unpaired) electrons. The molecule has 130 valence electrons. The lowest BCUT2D eigenvalue weighted by Gasteiger charge is -2.13. The minimum Gasteiger partial charge on any atom is -0.491 e.